The van der Waals surface area contributed by atoms with Crippen LogP contribution >= 0.6 is 11.3 Å². The fourth-order valence-electron chi connectivity index (χ4n) is 2.36. The van der Waals surface area contributed by atoms with Crippen molar-refractivity contribution in [2.24, 2.45) is 11.7 Å². The highest BCUT2D eigenvalue weighted by Crippen LogP contribution is 2.15. The summed E-state index contributed by atoms with van der Waals surface area (Å²) in [4.78, 5) is 18.6. The van der Waals surface area contributed by atoms with Crippen LogP contribution in [0.5, 0.6) is 0 Å². The van der Waals surface area contributed by atoms with Gasteiger partial charge in [0.25, 0.3) is 5.91 Å². The summed E-state index contributed by atoms with van der Waals surface area (Å²) in [6.45, 7) is 6.79. The summed E-state index contributed by atoms with van der Waals surface area (Å²) in [7, 11) is 0. The SMILES string of the molecule is CC1CCN(CCNC(=O)c2csc(CCN)n2)CC1. The summed E-state index contributed by atoms with van der Waals surface area (Å²) in [5.74, 6) is 0.770. The Bertz CT molecular complexity index is 427. The van der Waals surface area contributed by atoms with E-state index in [0.717, 1.165) is 37.0 Å². The lowest BCUT2D eigenvalue weighted by Crippen LogP contribution is -2.39. The summed E-state index contributed by atoms with van der Waals surface area (Å²) in [5, 5.41) is 5.69. The molecule has 1 amide bonds. The van der Waals surface area contributed by atoms with Crippen LogP contribution in [0.25, 0.3) is 0 Å². The van der Waals surface area contributed by atoms with Crippen LogP contribution in [0.4, 0.5) is 0 Å². The normalized spacial score (nSPS) is 17.3. The maximum absolute atomic E-state index is 11.9. The highest BCUT2D eigenvalue weighted by molar-refractivity contribution is 7.09. The first-order chi connectivity index (χ1) is 9.69. The summed E-state index contributed by atoms with van der Waals surface area (Å²) in [5.41, 5.74) is 6.00. The Balaban J connectivity index is 1.69. The fourth-order valence-corrected chi connectivity index (χ4v) is 3.15. The predicted octanol–water partition coefficient (Wildman–Crippen LogP) is 1.11. The lowest BCUT2D eigenvalue weighted by molar-refractivity contribution is 0.0940. The van der Waals surface area contributed by atoms with Gasteiger partial charge in [0.1, 0.15) is 5.69 Å². The van der Waals surface area contributed by atoms with Crippen molar-refractivity contribution in [3.05, 3.63) is 16.1 Å². The van der Waals surface area contributed by atoms with Crippen LogP contribution in [0.3, 0.4) is 0 Å². The van der Waals surface area contributed by atoms with Crippen molar-refractivity contribution < 1.29 is 4.79 Å². The lowest BCUT2D eigenvalue weighted by Gasteiger charge is -2.30. The van der Waals surface area contributed by atoms with Crippen LogP contribution in [0.15, 0.2) is 5.38 Å². The van der Waals surface area contributed by atoms with Crippen molar-refractivity contribution in [1.29, 1.82) is 0 Å². The zero-order valence-corrected chi connectivity index (χ0v) is 12.9. The molecule has 3 N–H and O–H groups in total. The van der Waals surface area contributed by atoms with Crippen LogP contribution < -0.4 is 11.1 Å². The number of carbonyl (C=O) groups excluding carboxylic acids is 1. The van der Waals surface area contributed by atoms with Crippen molar-refractivity contribution in [1.82, 2.24) is 15.2 Å². The van der Waals surface area contributed by atoms with Gasteiger partial charge in [0.05, 0.1) is 5.01 Å². The first-order valence-corrected chi connectivity index (χ1v) is 8.22. The highest BCUT2D eigenvalue weighted by atomic mass is 32.1. The third kappa shape index (κ3) is 4.54. The minimum atomic E-state index is -0.0742. The Morgan fingerprint density at radius 1 is 1.55 bits per heavy atom. The number of nitrogens with zero attached hydrogens (tertiary/aromatic N) is 2. The Morgan fingerprint density at radius 3 is 3.00 bits per heavy atom. The van der Waals surface area contributed by atoms with E-state index in [1.54, 1.807) is 0 Å². The van der Waals surface area contributed by atoms with Gasteiger partial charge in [-0.3, -0.25) is 4.79 Å². The average Bonchev–Trinajstić information content (AvgIpc) is 2.90. The van der Waals surface area contributed by atoms with E-state index in [9.17, 15) is 4.79 Å². The highest BCUT2D eigenvalue weighted by Gasteiger charge is 2.16. The maximum atomic E-state index is 11.9. The molecule has 0 saturated carbocycles. The van der Waals surface area contributed by atoms with E-state index in [0.29, 0.717) is 18.8 Å². The number of aromatic nitrogens is 1. The summed E-state index contributed by atoms with van der Waals surface area (Å²) < 4.78 is 0. The second-order valence-corrected chi connectivity index (χ2v) is 6.39. The molecule has 0 atom stereocenters. The van der Waals surface area contributed by atoms with Crippen LogP contribution in [-0.4, -0.2) is 48.5 Å². The Kier molecular flexibility index (Phi) is 5.94. The van der Waals surface area contributed by atoms with E-state index < -0.39 is 0 Å². The molecule has 2 heterocycles. The van der Waals surface area contributed by atoms with Crippen LogP contribution in [0.1, 0.15) is 35.3 Å². The zero-order chi connectivity index (χ0) is 14.4. The monoisotopic (exact) mass is 296 g/mol. The van der Waals surface area contributed by atoms with E-state index >= 15 is 0 Å². The van der Waals surface area contributed by atoms with E-state index in [-0.39, 0.29) is 5.91 Å². The lowest BCUT2D eigenvalue weighted by atomic mass is 9.99. The first kappa shape index (κ1) is 15.4. The molecule has 0 bridgehead atoms. The molecule has 0 unspecified atom stereocenters. The molecule has 1 saturated heterocycles. The van der Waals surface area contributed by atoms with Crippen LogP contribution in [0.2, 0.25) is 0 Å². The zero-order valence-electron chi connectivity index (χ0n) is 12.1. The number of nitrogens with one attached hydrogen (secondary N) is 1. The second kappa shape index (κ2) is 7.71. The van der Waals surface area contributed by atoms with Crippen molar-refractivity contribution >= 4 is 17.2 Å². The average molecular weight is 296 g/mol. The van der Waals surface area contributed by atoms with Gasteiger partial charge in [0.2, 0.25) is 0 Å². The van der Waals surface area contributed by atoms with Crippen LogP contribution in [0, 0.1) is 5.92 Å². The molecule has 0 radical (unpaired) electrons. The quantitative estimate of drug-likeness (QED) is 0.825. The first-order valence-electron chi connectivity index (χ1n) is 7.34. The molecule has 1 aliphatic rings. The molecular weight excluding hydrogens is 272 g/mol. The van der Waals surface area contributed by atoms with Crippen molar-refractivity contribution in [2.45, 2.75) is 26.2 Å². The minimum absolute atomic E-state index is 0.0742. The van der Waals surface area contributed by atoms with Gasteiger partial charge in [-0.25, -0.2) is 4.98 Å². The molecule has 2 rings (SSSR count). The maximum Gasteiger partial charge on any atom is 0.270 e. The molecule has 112 valence electrons. The molecule has 1 fully saturated rings. The van der Waals surface area contributed by atoms with E-state index in [1.165, 1.54) is 24.2 Å². The predicted molar refractivity (Wildman–Crippen MR) is 82.0 cm³/mol. The molecule has 0 aromatic carbocycles. The third-order valence-corrected chi connectivity index (χ3v) is 4.64. The van der Waals surface area contributed by atoms with Crippen molar-refractivity contribution in [3.63, 3.8) is 0 Å². The Morgan fingerprint density at radius 2 is 2.30 bits per heavy atom. The van der Waals surface area contributed by atoms with Gasteiger partial charge in [-0.1, -0.05) is 6.92 Å². The largest absolute Gasteiger partial charge is 0.349 e. The standard InChI is InChI=1S/C14H24N4OS/c1-11-3-7-18(8-4-11)9-6-16-14(19)12-10-20-13(17-12)2-5-15/h10-11H,2-9,15H2,1H3,(H,16,19). The molecule has 1 aromatic rings. The van der Waals surface area contributed by atoms with Gasteiger partial charge >= 0.3 is 0 Å². The van der Waals surface area contributed by atoms with E-state index in [1.807, 2.05) is 5.38 Å². The van der Waals surface area contributed by atoms with Crippen LogP contribution in [-0.2, 0) is 6.42 Å². The number of piperidine rings is 1. The second-order valence-electron chi connectivity index (χ2n) is 5.45. The summed E-state index contributed by atoms with van der Waals surface area (Å²) in [6.07, 6.45) is 3.27. The number of rotatable bonds is 6. The van der Waals surface area contributed by atoms with E-state index in [2.05, 4.69) is 22.1 Å². The van der Waals surface area contributed by atoms with Crippen molar-refractivity contribution in [2.75, 3.05) is 32.7 Å². The summed E-state index contributed by atoms with van der Waals surface area (Å²) in [6, 6.07) is 0. The number of likely N-dealkylation sites (tertiary alicyclic amines) is 1. The molecule has 20 heavy (non-hydrogen) atoms. The molecule has 1 aromatic heterocycles. The Labute approximate surface area is 124 Å². The van der Waals surface area contributed by atoms with Gasteiger partial charge in [0, 0.05) is 24.9 Å². The van der Waals surface area contributed by atoms with Gasteiger partial charge in [-0.2, -0.15) is 0 Å². The number of hydrogen-bond acceptors (Lipinski definition) is 5. The molecule has 6 heteroatoms. The van der Waals surface area contributed by atoms with Gasteiger partial charge in [-0.05, 0) is 38.4 Å². The molecule has 0 aliphatic carbocycles. The molecular formula is C14H24N4OS. The molecule has 5 nitrogen and oxygen atoms in total. The van der Waals surface area contributed by atoms with Gasteiger partial charge < -0.3 is 16.0 Å². The van der Waals surface area contributed by atoms with Gasteiger partial charge in [-0.15, -0.1) is 11.3 Å². The molecule has 1 aliphatic heterocycles. The minimum Gasteiger partial charge on any atom is -0.349 e. The number of nitrogens with two attached hydrogens (primary N) is 1. The Hall–Kier alpha value is -0.980. The smallest absolute Gasteiger partial charge is 0.270 e. The third-order valence-electron chi connectivity index (χ3n) is 3.73. The number of thiazole rings is 1. The number of carbonyl (C=O) groups is 1. The fraction of sp³-hybridized carbons (Fsp3) is 0.714. The number of hydrogen-bond donors (Lipinski definition) is 2. The van der Waals surface area contributed by atoms with E-state index in [4.69, 9.17) is 5.73 Å². The summed E-state index contributed by atoms with van der Waals surface area (Å²) >= 11 is 1.50. The van der Waals surface area contributed by atoms with Crippen molar-refractivity contribution in [3.8, 4) is 0 Å². The molecule has 0 spiro atoms. The topological polar surface area (TPSA) is 71.2 Å². The van der Waals surface area contributed by atoms with Gasteiger partial charge in [0.15, 0.2) is 0 Å². The number of amides is 1.